The number of amides is 2. The molecule has 0 aliphatic rings. The molecule has 0 aliphatic carbocycles. The van der Waals surface area contributed by atoms with Crippen LogP contribution in [0.3, 0.4) is 0 Å². The summed E-state index contributed by atoms with van der Waals surface area (Å²) in [7, 11) is 1.46. The summed E-state index contributed by atoms with van der Waals surface area (Å²) in [5, 5.41) is 1.78. The Labute approximate surface area is 143 Å². The number of benzene rings is 3. The standard InChI is InChI=1S/C19H15FN2O3/c1-25-17-11-13-7-3-2-6-12(13)10-15(17)19(24)22-21-18(23)14-8-4-5-9-16(14)20/h2-11H,1H3,(H,21,23)(H,22,24). The van der Waals surface area contributed by atoms with Crippen molar-refractivity contribution in [1.29, 1.82) is 0 Å². The van der Waals surface area contributed by atoms with E-state index in [9.17, 15) is 14.0 Å². The predicted molar refractivity (Wildman–Crippen MR) is 91.8 cm³/mol. The average molecular weight is 338 g/mol. The minimum absolute atomic E-state index is 0.159. The lowest BCUT2D eigenvalue weighted by molar-refractivity contribution is 0.0842. The molecule has 3 aromatic rings. The summed E-state index contributed by atoms with van der Waals surface area (Å²) < 4.78 is 18.8. The number of hydrogen-bond acceptors (Lipinski definition) is 3. The van der Waals surface area contributed by atoms with Gasteiger partial charge in [-0.2, -0.15) is 0 Å². The first kappa shape index (κ1) is 16.4. The van der Waals surface area contributed by atoms with Gasteiger partial charge in [0.2, 0.25) is 0 Å². The number of methoxy groups -OCH3 is 1. The van der Waals surface area contributed by atoms with E-state index in [0.717, 1.165) is 10.8 Å². The number of nitrogens with one attached hydrogen (secondary N) is 2. The molecule has 0 atom stereocenters. The molecule has 0 spiro atoms. The Balaban J connectivity index is 1.80. The highest BCUT2D eigenvalue weighted by Crippen LogP contribution is 2.25. The van der Waals surface area contributed by atoms with Crippen LogP contribution in [0.15, 0.2) is 60.7 Å². The number of ether oxygens (including phenoxy) is 1. The summed E-state index contributed by atoms with van der Waals surface area (Å²) in [4.78, 5) is 24.4. The molecule has 0 radical (unpaired) electrons. The maximum atomic E-state index is 13.6. The molecule has 2 amide bonds. The van der Waals surface area contributed by atoms with E-state index in [0.29, 0.717) is 5.75 Å². The van der Waals surface area contributed by atoms with E-state index >= 15 is 0 Å². The molecule has 126 valence electrons. The van der Waals surface area contributed by atoms with E-state index in [1.165, 1.54) is 31.4 Å². The third-order valence-electron chi connectivity index (χ3n) is 3.72. The van der Waals surface area contributed by atoms with Gasteiger partial charge in [0, 0.05) is 0 Å². The third kappa shape index (κ3) is 3.42. The van der Waals surface area contributed by atoms with E-state index in [1.54, 1.807) is 12.1 Å². The van der Waals surface area contributed by atoms with E-state index in [-0.39, 0.29) is 11.1 Å². The van der Waals surface area contributed by atoms with Crippen LogP contribution >= 0.6 is 0 Å². The molecule has 6 heteroatoms. The second-order valence-electron chi connectivity index (χ2n) is 5.29. The van der Waals surface area contributed by atoms with Crippen molar-refractivity contribution in [2.24, 2.45) is 0 Å². The van der Waals surface area contributed by atoms with E-state index in [4.69, 9.17) is 4.74 Å². The van der Waals surface area contributed by atoms with Gasteiger partial charge in [-0.3, -0.25) is 20.4 Å². The van der Waals surface area contributed by atoms with Gasteiger partial charge >= 0.3 is 0 Å². The molecule has 0 fully saturated rings. The van der Waals surface area contributed by atoms with Crippen LogP contribution in [0.4, 0.5) is 4.39 Å². The second kappa shape index (κ2) is 7.00. The van der Waals surface area contributed by atoms with Crippen LogP contribution in [-0.2, 0) is 0 Å². The van der Waals surface area contributed by atoms with Crippen LogP contribution in [0.5, 0.6) is 5.75 Å². The minimum Gasteiger partial charge on any atom is -0.496 e. The molecule has 5 nitrogen and oxygen atoms in total. The fourth-order valence-electron chi connectivity index (χ4n) is 2.46. The molecule has 3 rings (SSSR count). The third-order valence-corrected chi connectivity index (χ3v) is 3.72. The van der Waals surface area contributed by atoms with Crippen LogP contribution in [0.1, 0.15) is 20.7 Å². The maximum Gasteiger partial charge on any atom is 0.273 e. The van der Waals surface area contributed by atoms with Gasteiger partial charge in [-0.25, -0.2) is 4.39 Å². The van der Waals surface area contributed by atoms with Crippen LogP contribution in [0, 0.1) is 5.82 Å². The number of hydrogen-bond donors (Lipinski definition) is 2. The largest absolute Gasteiger partial charge is 0.496 e. The van der Waals surface area contributed by atoms with Crippen molar-refractivity contribution in [3.63, 3.8) is 0 Å². The average Bonchev–Trinajstić information content (AvgIpc) is 2.65. The van der Waals surface area contributed by atoms with Crippen LogP contribution in [-0.4, -0.2) is 18.9 Å². The van der Waals surface area contributed by atoms with Crippen molar-refractivity contribution in [1.82, 2.24) is 10.9 Å². The first-order chi connectivity index (χ1) is 12.1. The Kier molecular flexibility index (Phi) is 4.61. The molecule has 25 heavy (non-hydrogen) atoms. The highest BCUT2D eigenvalue weighted by Gasteiger charge is 2.16. The van der Waals surface area contributed by atoms with Gasteiger partial charge in [-0.15, -0.1) is 0 Å². The number of carbonyl (C=O) groups excluding carboxylic acids is 2. The van der Waals surface area contributed by atoms with Gasteiger partial charge in [-0.05, 0) is 35.0 Å². The molecule has 0 aromatic heterocycles. The topological polar surface area (TPSA) is 67.4 Å². The SMILES string of the molecule is COc1cc2ccccc2cc1C(=O)NNC(=O)c1ccccc1F. The maximum absolute atomic E-state index is 13.6. The molecule has 3 aromatic carbocycles. The monoisotopic (exact) mass is 338 g/mol. The molecule has 0 heterocycles. The minimum atomic E-state index is -0.744. The smallest absolute Gasteiger partial charge is 0.273 e. The van der Waals surface area contributed by atoms with Crippen molar-refractivity contribution in [3.8, 4) is 5.75 Å². The van der Waals surface area contributed by atoms with Crippen molar-refractivity contribution in [3.05, 3.63) is 77.6 Å². The summed E-state index contributed by atoms with van der Waals surface area (Å²) in [5.41, 5.74) is 4.58. The van der Waals surface area contributed by atoms with Gasteiger partial charge in [-0.1, -0.05) is 36.4 Å². The van der Waals surface area contributed by atoms with Crippen LogP contribution in [0.25, 0.3) is 10.8 Å². The van der Waals surface area contributed by atoms with Crippen molar-refractivity contribution < 1.29 is 18.7 Å². The van der Waals surface area contributed by atoms with E-state index in [2.05, 4.69) is 10.9 Å². The Morgan fingerprint density at radius 1 is 0.840 bits per heavy atom. The Morgan fingerprint density at radius 2 is 1.40 bits per heavy atom. The molecule has 0 unspecified atom stereocenters. The van der Waals surface area contributed by atoms with Gasteiger partial charge in [0.05, 0.1) is 18.2 Å². The summed E-state index contributed by atoms with van der Waals surface area (Å²) in [5.74, 6) is -1.60. The summed E-state index contributed by atoms with van der Waals surface area (Å²) in [6.45, 7) is 0. The first-order valence-electron chi connectivity index (χ1n) is 7.52. The lowest BCUT2D eigenvalue weighted by Crippen LogP contribution is -2.42. The number of carbonyl (C=O) groups is 2. The van der Waals surface area contributed by atoms with Crippen LogP contribution in [0.2, 0.25) is 0 Å². The van der Waals surface area contributed by atoms with Crippen molar-refractivity contribution in [2.75, 3.05) is 7.11 Å². The molecular weight excluding hydrogens is 323 g/mol. The number of hydrazine groups is 1. The Morgan fingerprint density at radius 3 is 2.04 bits per heavy atom. The van der Waals surface area contributed by atoms with Gasteiger partial charge in [0.15, 0.2) is 0 Å². The molecule has 0 bridgehead atoms. The zero-order valence-electron chi connectivity index (χ0n) is 13.4. The first-order valence-corrected chi connectivity index (χ1v) is 7.52. The molecule has 2 N–H and O–H groups in total. The van der Waals surface area contributed by atoms with E-state index in [1.807, 2.05) is 24.3 Å². The summed E-state index contributed by atoms with van der Waals surface area (Å²) in [6, 6.07) is 16.4. The van der Waals surface area contributed by atoms with Gasteiger partial charge < -0.3 is 4.74 Å². The van der Waals surface area contributed by atoms with Gasteiger partial charge in [0.1, 0.15) is 11.6 Å². The number of fused-ring (bicyclic) bond motifs is 1. The number of rotatable bonds is 3. The normalized spacial score (nSPS) is 10.3. The molecule has 0 saturated carbocycles. The van der Waals surface area contributed by atoms with Crippen LogP contribution < -0.4 is 15.6 Å². The quantitative estimate of drug-likeness (QED) is 0.721. The lowest BCUT2D eigenvalue weighted by Gasteiger charge is -2.12. The fourth-order valence-corrected chi connectivity index (χ4v) is 2.46. The van der Waals surface area contributed by atoms with Crippen molar-refractivity contribution in [2.45, 2.75) is 0 Å². The van der Waals surface area contributed by atoms with E-state index < -0.39 is 17.6 Å². The zero-order chi connectivity index (χ0) is 17.8. The highest BCUT2D eigenvalue weighted by atomic mass is 19.1. The molecular formula is C19H15FN2O3. The molecule has 0 saturated heterocycles. The predicted octanol–water partition coefficient (Wildman–Crippen LogP) is 3.06. The zero-order valence-corrected chi connectivity index (χ0v) is 13.4. The number of halogens is 1. The summed E-state index contributed by atoms with van der Waals surface area (Å²) >= 11 is 0. The lowest BCUT2D eigenvalue weighted by atomic mass is 10.1. The van der Waals surface area contributed by atoms with Gasteiger partial charge in [0.25, 0.3) is 11.8 Å². The highest BCUT2D eigenvalue weighted by molar-refractivity contribution is 6.03. The Bertz CT molecular complexity index is 956. The second-order valence-corrected chi connectivity index (χ2v) is 5.29. The molecule has 0 aliphatic heterocycles. The van der Waals surface area contributed by atoms with Crippen molar-refractivity contribution >= 4 is 22.6 Å². The summed E-state index contributed by atoms with van der Waals surface area (Å²) in [6.07, 6.45) is 0. The Hall–Kier alpha value is -3.41. The fraction of sp³-hybridized carbons (Fsp3) is 0.0526.